The molecule has 0 bridgehead atoms. The predicted molar refractivity (Wildman–Crippen MR) is 92.4 cm³/mol. The van der Waals surface area contributed by atoms with Gasteiger partial charge in [0.25, 0.3) is 0 Å². The van der Waals surface area contributed by atoms with Gasteiger partial charge in [-0.05, 0) is 37.6 Å². The summed E-state index contributed by atoms with van der Waals surface area (Å²) in [6, 6.07) is 5.33. The van der Waals surface area contributed by atoms with Crippen LogP contribution in [0.4, 0.5) is 5.69 Å². The third kappa shape index (κ3) is 3.26. The predicted octanol–water partition coefficient (Wildman–Crippen LogP) is 2.51. The van der Waals surface area contributed by atoms with Crippen molar-refractivity contribution in [2.24, 2.45) is 0 Å². The molecule has 0 fully saturated rings. The minimum atomic E-state index is -0.522. The van der Waals surface area contributed by atoms with Crippen LogP contribution in [0, 0.1) is 13.8 Å². The van der Waals surface area contributed by atoms with Gasteiger partial charge in [-0.25, -0.2) is 4.98 Å². The van der Waals surface area contributed by atoms with Gasteiger partial charge in [0, 0.05) is 17.0 Å². The minimum absolute atomic E-state index is 0.127. The highest BCUT2D eigenvalue weighted by molar-refractivity contribution is 7.11. The molecule has 1 atom stereocenters. The van der Waals surface area contributed by atoms with Crippen molar-refractivity contribution in [1.29, 1.82) is 0 Å². The number of nitrogens with one attached hydrogen (secondary N) is 2. The third-order valence-electron chi connectivity index (χ3n) is 4.10. The fraction of sp³-hybridized carbons (Fsp3) is 0.353. The molecule has 2 amide bonds. The van der Waals surface area contributed by atoms with E-state index in [-0.39, 0.29) is 18.2 Å². The summed E-state index contributed by atoms with van der Waals surface area (Å²) in [5.41, 5.74) is 2.42. The molecule has 2 N–H and O–H groups in total. The molecule has 24 heavy (non-hydrogen) atoms. The third-order valence-corrected chi connectivity index (χ3v) is 5.17. The van der Waals surface area contributed by atoms with Crippen molar-refractivity contribution < 1.29 is 14.3 Å². The molecule has 7 heteroatoms. The van der Waals surface area contributed by atoms with Crippen LogP contribution in [-0.4, -0.2) is 23.9 Å². The van der Waals surface area contributed by atoms with E-state index in [4.69, 9.17) is 4.74 Å². The number of aromatic nitrogens is 1. The summed E-state index contributed by atoms with van der Waals surface area (Å²) in [5.74, 6) is -0.196. The summed E-state index contributed by atoms with van der Waals surface area (Å²) < 4.78 is 5.23. The van der Waals surface area contributed by atoms with Crippen molar-refractivity contribution in [1.82, 2.24) is 10.3 Å². The highest BCUT2D eigenvalue weighted by atomic mass is 32.1. The lowest BCUT2D eigenvalue weighted by molar-refractivity contribution is -0.126. The second-order valence-electron chi connectivity index (χ2n) is 5.73. The zero-order valence-corrected chi connectivity index (χ0v) is 14.6. The molecule has 0 saturated carbocycles. The van der Waals surface area contributed by atoms with Gasteiger partial charge in [-0.1, -0.05) is 0 Å². The molecule has 1 aromatic carbocycles. The van der Waals surface area contributed by atoms with Crippen molar-refractivity contribution in [3.8, 4) is 5.75 Å². The lowest BCUT2D eigenvalue weighted by Crippen LogP contribution is -2.34. The molecule has 2 heterocycles. The Kier molecular flexibility index (Phi) is 4.53. The molecule has 6 nitrogen and oxygen atoms in total. The number of benzene rings is 1. The molecule has 0 saturated heterocycles. The number of ether oxygens (including phenoxy) is 1. The normalized spacial score (nSPS) is 16.3. The van der Waals surface area contributed by atoms with Crippen LogP contribution in [0.1, 0.15) is 33.5 Å². The van der Waals surface area contributed by atoms with Crippen LogP contribution in [0.5, 0.6) is 5.75 Å². The lowest BCUT2D eigenvalue weighted by atomic mass is 9.89. The minimum Gasteiger partial charge on any atom is -0.497 e. The Labute approximate surface area is 144 Å². The number of anilines is 1. The number of hydrogen-bond acceptors (Lipinski definition) is 5. The zero-order valence-electron chi connectivity index (χ0n) is 13.8. The number of aryl methyl sites for hydroxylation is 2. The van der Waals surface area contributed by atoms with E-state index < -0.39 is 5.92 Å². The number of rotatable bonds is 4. The standard InChI is InChI=1S/C17H19N3O3S/c1-9-10(2)24-16(19-9)8-18-17(22)13-7-15(21)20-14-5-4-11(23-3)6-12(13)14/h4-6,13H,7-8H2,1-3H3,(H,18,22)(H,20,21)/t13-/m0/s1. The number of amides is 2. The Morgan fingerprint density at radius 3 is 2.92 bits per heavy atom. The van der Waals surface area contributed by atoms with Gasteiger partial charge in [0.15, 0.2) is 0 Å². The van der Waals surface area contributed by atoms with Gasteiger partial charge in [0.1, 0.15) is 10.8 Å². The van der Waals surface area contributed by atoms with Crippen LogP contribution < -0.4 is 15.4 Å². The van der Waals surface area contributed by atoms with Gasteiger partial charge >= 0.3 is 0 Å². The van der Waals surface area contributed by atoms with Crippen molar-refractivity contribution in [2.75, 3.05) is 12.4 Å². The molecule has 1 aliphatic heterocycles. The largest absolute Gasteiger partial charge is 0.497 e. The average molecular weight is 345 g/mol. The Hall–Kier alpha value is -2.41. The number of fused-ring (bicyclic) bond motifs is 1. The van der Waals surface area contributed by atoms with E-state index in [1.165, 1.54) is 0 Å². The smallest absolute Gasteiger partial charge is 0.228 e. The van der Waals surface area contributed by atoms with Gasteiger partial charge in [-0.15, -0.1) is 11.3 Å². The van der Waals surface area contributed by atoms with E-state index in [0.717, 1.165) is 21.1 Å². The van der Waals surface area contributed by atoms with E-state index in [1.807, 2.05) is 13.8 Å². The molecule has 1 aliphatic rings. The monoisotopic (exact) mass is 345 g/mol. The van der Waals surface area contributed by atoms with E-state index in [0.29, 0.717) is 18.0 Å². The van der Waals surface area contributed by atoms with E-state index in [9.17, 15) is 9.59 Å². The van der Waals surface area contributed by atoms with Crippen molar-refractivity contribution >= 4 is 28.8 Å². The first-order chi connectivity index (χ1) is 11.5. The molecule has 2 aromatic rings. The van der Waals surface area contributed by atoms with Gasteiger partial charge in [-0.2, -0.15) is 0 Å². The van der Waals surface area contributed by atoms with E-state index >= 15 is 0 Å². The van der Waals surface area contributed by atoms with Crippen LogP contribution >= 0.6 is 11.3 Å². The molecule has 1 aromatic heterocycles. The number of nitrogens with zero attached hydrogens (tertiary/aromatic N) is 1. The van der Waals surface area contributed by atoms with Crippen molar-refractivity contribution in [3.63, 3.8) is 0 Å². The van der Waals surface area contributed by atoms with Crippen LogP contribution in [-0.2, 0) is 16.1 Å². The number of thiazole rings is 1. The molecule has 0 aliphatic carbocycles. The molecule has 3 rings (SSSR count). The van der Waals surface area contributed by atoms with Crippen LogP contribution in [0.3, 0.4) is 0 Å². The first-order valence-electron chi connectivity index (χ1n) is 7.66. The summed E-state index contributed by atoms with van der Waals surface area (Å²) >= 11 is 1.57. The first kappa shape index (κ1) is 16.4. The molecule has 0 radical (unpaired) electrons. The Bertz CT molecular complexity index is 781. The molecular weight excluding hydrogens is 326 g/mol. The number of methoxy groups -OCH3 is 1. The summed E-state index contributed by atoms with van der Waals surface area (Å²) in [6.45, 7) is 4.33. The van der Waals surface area contributed by atoms with E-state index in [2.05, 4.69) is 15.6 Å². The summed E-state index contributed by atoms with van der Waals surface area (Å²) in [5, 5.41) is 6.56. The highest BCUT2D eigenvalue weighted by Crippen LogP contribution is 2.35. The number of carbonyl (C=O) groups excluding carboxylic acids is 2. The van der Waals surface area contributed by atoms with Gasteiger partial charge in [0.05, 0.1) is 25.3 Å². The quantitative estimate of drug-likeness (QED) is 0.892. The SMILES string of the molecule is COc1ccc2c(c1)[C@@H](C(=O)NCc1nc(C)c(C)s1)CC(=O)N2. The molecular formula is C17H19N3O3S. The topological polar surface area (TPSA) is 80.3 Å². The van der Waals surface area contributed by atoms with Gasteiger partial charge < -0.3 is 15.4 Å². The summed E-state index contributed by atoms with van der Waals surface area (Å²) in [7, 11) is 1.57. The zero-order chi connectivity index (χ0) is 17.3. The first-order valence-corrected chi connectivity index (χ1v) is 8.48. The maximum absolute atomic E-state index is 12.6. The van der Waals surface area contributed by atoms with Gasteiger partial charge in [0.2, 0.25) is 11.8 Å². The summed E-state index contributed by atoms with van der Waals surface area (Å²) in [4.78, 5) is 30.1. The van der Waals surface area contributed by atoms with Crippen molar-refractivity contribution in [3.05, 3.63) is 39.3 Å². The molecule has 0 unspecified atom stereocenters. The lowest BCUT2D eigenvalue weighted by Gasteiger charge is -2.25. The Balaban J connectivity index is 1.78. The van der Waals surface area contributed by atoms with Crippen LogP contribution in [0.15, 0.2) is 18.2 Å². The fourth-order valence-electron chi connectivity index (χ4n) is 2.70. The van der Waals surface area contributed by atoms with Crippen molar-refractivity contribution in [2.45, 2.75) is 32.7 Å². The second-order valence-corrected chi connectivity index (χ2v) is 7.01. The van der Waals surface area contributed by atoms with Crippen LogP contribution in [0.2, 0.25) is 0 Å². The van der Waals surface area contributed by atoms with Crippen LogP contribution in [0.25, 0.3) is 0 Å². The maximum atomic E-state index is 12.6. The molecule has 0 spiro atoms. The Morgan fingerprint density at radius 1 is 1.46 bits per heavy atom. The Morgan fingerprint density at radius 2 is 2.25 bits per heavy atom. The average Bonchev–Trinajstić information content (AvgIpc) is 2.89. The van der Waals surface area contributed by atoms with E-state index in [1.54, 1.807) is 36.6 Å². The maximum Gasteiger partial charge on any atom is 0.228 e. The van der Waals surface area contributed by atoms with Gasteiger partial charge in [-0.3, -0.25) is 9.59 Å². The number of carbonyl (C=O) groups is 2. The number of hydrogen-bond donors (Lipinski definition) is 2. The second kappa shape index (κ2) is 6.60. The fourth-order valence-corrected chi connectivity index (χ4v) is 3.57. The summed E-state index contributed by atoms with van der Waals surface area (Å²) in [6.07, 6.45) is 0.127. The highest BCUT2D eigenvalue weighted by Gasteiger charge is 2.31. The molecule has 126 valence electrons.